The zero-order valence-corrected chi connectivity index (χ0v) is 17.9. The van der Waals surface area contributed by atoms with E-state index in [1.54, 1.807) is 18.2 Å². The molecule has 8 nitrogen and oxygen atoms in total. The van der Waals surface area contributed by atoms with Crippen LogP contribution in [0.2, 0.25) is 0 Å². The second-order valence-electron chi connectivity index (χ2n) is 8.47. The molecular formula is C24H28N6O2. The molecule has 0 bridgehead atoms. The minimum absolute atomic E-state index is 0.00590. The first-order valence-corrected chi connectivity index (χ1v) is 11.1. The molecule has 0 aliphatic carbocycles. The highest BCUT2D eigenvalue weighted by atomic mass is 16.3. The van der Waals surface area contributed by atoms with Gasteiger partial charge in [0.05, 0.1) is 12.6 Å². The highest BCUT2D eigenvalue weighted by Gasteiger charge is 2.31. The Morgan fingerprint density at radius 3 is 2.47 bits per heavy atom. The third kappa shape index (κ3) is 3.87. The summed E-state index contributed by atoms with van der Waals surface area (Å²) in [5.41, 5.74) is 9.19. The van der Waals surface area contributed by atoms with Crippen molar-refractivity contribution < 1.29 is 10.2 Å². The van der Waals surface area contributed by atoms with E-state index in [9.17, 15) is 10.2 Å². The van der Waals surface area contributed by atoms with Crippen LogP contribution in [0.15, 0.2) is 48.5 Å². The van der Waals surface area contributed by atoms with Crippen molar-refractivity contribution in [3.63, 3.8) is 0 Å². The number of nitrogens with two attached hydrogens (primary N) is 1. The quantitative estimate of drug-likeness (QED) is 0.562. The number of rotatable bonds is 5. The summed E-state index contributed by atoms with van der Waals surface area (Å²) in [6, 6.07) is 15.3. The third-order valence-corrected chi connectivity index (χ3v) is 6.45. The average molecular weight is 433 g/mol. The summed E-state index contributed by atoms with van der Waals surface area (Å²) < 4.78 is 0. The van der Waals surface area contributed by atoms with Crippen LogP contribution in [-0.4, -0.2) is 56.9 Å². The Labute approximate surface area is 187 Å². The first kappa shape index (κ1) is 20.7. The van der Waals surface area contributed by atoms with Gasteiger partial charge in [0, 0.05) is 31.2 Å². The number of aliphatic hydroxyl groups is 1. The molecule has 1 saturated heterocycles. The molecule has 1 aromatic heterocycles. The van der Waals surface area contributed by atoms with E-state index in [2.05, 4.69) is 21.9 Å². The normalized spacial score (nSPS) is 20.4. The zero-order valence-electron chi connectivity index (χ0n) is 17.9. The zero-order chi connectivity index (χ0) is 22.1. The molecular weight excluding hydrogens is 404 g/mol. The van der Waals surface area contributed by atoms with Crippen LogP contribution in [0.1, 0.15) is 24.0 Å². The molecule has 166 valence electrons. The summed E-state index contributed by atoms with van der Waals surface area (Å²) >= 11 is 0. The van der Waals surface area contributed by atoms with E-state index in [0.29, 0.717) is 30.8 Å². The molecule has 3 heterocycles. The SMILES string of the molecule is NC[C@@H]1CCCN1c1nc(-c2cccc(O)c2)nc(N2Cc3ccccc3C[C@@H]2CO)n1. The predicted octanol–water partition coefficient (Wildman–Crippen LogP) is 2.10. The van der Waals surface area contributed by atoms with Gasteiger partial charge in [-0.25, -0.2) is 0 Å². The minimum Gasteiger partial charge on any atom is -0.508 e. The molecule has 2 aliphatic heterocycles. The van der Waals surface area contributed by atoms with Gasteiger partial charge in [-0.05, 0) is 42.5 Å². The third-order valence-electron chi connectivity index (χ3n) is 6.45. The highest BCUT2D eigenvalue weighted by molar-refractivity contribution is 5.61. The fourth-order valence-electron chi connectivity index (χ4n) is 4.71. The fraction of sp³-hybridized carbons (Fsp3) is 0.375. The summed E-state index contributed by atoms with van der Waals surface area (Å²) in [7, 11) is 0. The smallest absolute Gasteiger partial charge is 0.231 e. The maximum absolute atomic E-state index is 10.2. The lowest BCUT2D eigenvalue weighted by molar-refractivity contribution is 0.252. The van der Waals surface area contributed by atoms with Crippen molar-refractivity contribution in [3.8, 4) is 17.1 Å². The van der Waals surface area contributed by atoms with E-state index < -0.39 is 0 Å². The molecule has 1 fully saturated rings. The predicted molar refractivity (Wildman–Crippen MR) is 124 cm³/mol. The summed E-state index contributed by atoms with van der Waals surface area (Å²) in [5, 5.41) is 20.2. The topological polar surface area (TPSA) is 112 Å². The van der Waals surface area contributed by atoms with Crippen LogP contribution in [0.25, 0.3) is 11.4 Å². The molecule has 0 saturated carbocycles. The van der Waals surface area contributed by atoms with Crippen molar-refractivity contribution in [1.29, 1.82) is 0 Å². The molecule has 0 unspecified atom stereocenters. The molecule has 5 rings (SSSR count). The van der Waals surface area contributed by atoms with Crippen LogP contribution < -0.4 is 15.5 Å². The Balaban J connectivity index is 1.61. The summed E-state index contributed by atoms with van der Waals surface area (Å²) in [4.78, 5) is 18.6. The van der Waals surface area contributed by atoms with E-state index in [1.165, 1.54) is 11.1 Å². The van der Waals surface area contributed by atoms with E-state index in [4.69, 9.17) is 20.7 Å². The van der Waals surface area contributed by atoms with Crippen LogP contribution in [0, 0.1) is 0 Å². The van der Waals surface area contributed by atoms with Crippen molar-refractivity contribution in [2.45, 2.75) is 37.9 Å². The van der Waals surface area contributed by atoms with E-state index in [1.807, 2.05) is 18.2 Å². The number of aromatic hydroxyl groups is 1. The Morgan fingerprint density at radius 2 is 1.72 bits per heavy atom. The second-order valence-corrected chi connectivity index (χ2v) is 8.47. The van der Waals surface area contributed by atoms with Gasteiger partial charge in [-0.1, -0.05) is 36.4 Å². The molecule has 0 amide bonds. The summed E-state index contributed by atoms with van der Waals surface area (Å²) in [6.45, 7) is 2.01. The minimum atomic E-state index is -0.124. The van der Waals surface area contributed by atoms with Crippen LogP contribution in [0.5, 0.6) is 5.75 Å². The number of aliphatic hydroxyl groups excluding tert-OH is 1. The Bertz CT molecular complexity index is 1110. The van der Waals surface area contributed by atoms with Crippen molar-refractivity contribution in [2.24, 2.45) is 5.73 Å². The van der Waals surface area contributed by atoms with Crippen molar-refractivity contribution in [1.82, 2.24) is 15.0 Å². The number of hydrogen-bond donors (Lipinski definition) is 3. The first-order valence-electron chi connectivity index (χ1n) is 11.1. The van der Waals surface area contributed by atoms with Gasteiger partial charge in [-0.3, -0.25) is 0 Å². The highest BCUT2D eigenvalue weighted by Crippen LogP contribution is 2.31. The maximum Gasteiger partial charge on any atom is 0.231 e. The molecule has 0 spiro atoms. The second kappa shape index (κ2) is 8.72. The van der Waals surface area contributed by atoms with Crippen LogP contribution in [0.4, 0.5) is 11.9 Å². The van der Waals surface area contributed by atoms with Gasteiger partial charge in [0.25, 0.3) is 0 Å². The largest absolute Gasteiger partial charge is 0.508 e. The number of phenols is 1. The summed E-state index contributed by atoms with van der Waals surface area (Å²) in [6.07, 6.45) is 2.78. The van der Waals surface area contributed by atoms with Crippen molar-refractivity contribution in [2.75, 3.05) is 29.5 Å². The van der Waals surface area contributed by atoms with Crippen molar-refractivity contribution in [3.05, 3.63) is 59.7 Å². The lowest BCUT2D eigenvalue weighted by atomic mass is 9.94. The van der Waals surface area contributed by atoms with Crippen LogP contribution in [-0.2, 0) is 13.0 Å². The first-order chi connectivity index (χ1) is 15.7. The molecule has 2 aliphatic rings. The molecule has 0 radical (unpaired) electrons. The maximum atomic E-state index is 10.2. The number of benzene rings is 2. The van der Waals surface area contributed by atoms with Gasteiger partial charge in [0.15, 0.2) is 5.82 Å². The Hall–Kier alpha value is -3.23. The van der Waals surface area contributed by atoms with E-state index in [0.717, 1.165) is 31.4 Å². The fourth-order valence-corrected chi connectivity index (χ4v) is 4.71. The molecule has 4 N–H and O–H groups in total. The molecule has 8 heteroatoms. The van der Waals surface area contributed by atoms with Gasteiger partial charge < -0.3 is 25.7 Å². The number of hydrogen-bond acceptors (Lipinski definition) is 8. The lowest BCUT2D eigenvalue weighted by Gasteiger charge is -2.36. The van der Waals surface area contributed by atoms with Gasteiger partial charge in [0.1, 0.15) is 5.75 Å². The molecule has 2 atom stereocenters. The number of nitrogens with zero attached hydrogens (tertiary/aromatic N) is 5. The number of anilines is 2. The summed E-state index contributed by atoms with van der Waals surface area (Å²) in [5.74, 6) is 1.78. The number of fused-ring (bicyclic) bond motifs is 1. The number of phenolic OH excluding ortho intramolecular Hbond substituents is 1. The lowest BCUT2D eigenvalue weighted by Crippen LogP contribution is -2.44. The van der Waals surface area contributed by atoms with Crippen LogP contribution >= 0.6 is 0 Å². The molecule has 2 aromatic carbocycles. The average Bonchev–Trinajstić information content (AvgIpc) is 3.32. The van der Waals surface area contributed by atoms with Crippen molar-refractivity contribution >= 4 is 11.9 Å². The number of aromatic nitrogens is 3. The standard InChI is InChI=1S/C24H28N6O2/c25-13-19-8-4-10-29(19)23-26-22(17-7-3-9-21(32)12-17)27-24(28-23)30-14-18-6-2-1-5-16(18)11-20(30)15-31/h1-3,5-7,9,12,19-20,31-32H,4,8,10-11,13-15,25H2/t19-,20+/m0/s1. The van der Waals surface area contributed by atoms with E-state index >= 15 is 0 Å². The Morgan fingerprint density at radius 1 is 0.938 bits per heavy atom. The molecule has 32 heavy (non-hydrogen) atoms. The van der Waals surface area contributed by atoms with Gasteiger partial charge in [-0.15, -0.1) is 0 Å². The van der Waals surface area contributed by atoms with Gasteiger partial charge in [0.2, 0.25) is 11.9 Å². The van der Waals surface area contributed by atoms with Crippen LogP contribution in [0.3, 0.4) is 0 Å². The van der Waals surface area contributed by atoms with E-state index in [-0.39, 0.29) is 24.4 Å². The van der Waals surface area contributed by atoms with Gasteiger partial charge in [-0.2, -0.15) is 15.0 Å². The Kier molecular flexibility index (Phi) is 5.63. The monoisotopic (exact) mass is 432 g/mol. The van der Waals surface area contributed by atoms with Gasteiger partial charge >= 0.3 is 0 Å². The molecule has 3 aromatic rings.